The molecule has 21 heavy (non-hydrogen) atoms. The van der Waals surface area contributed by atoms with Crippen LogP contribution < -0.4 is 0 Å². The van der Waals surface area contributed by atoms with Gasteiger partial charge in [0.1, 0.15) is 11.6 Å². The average Bonchev–Trinajstić information content (AvgIpc) is 2.48. The molecule has 2 bridgehead atoms. The summed E-state index contributed by atoms with van der Waals surface area (Å²) >= 11 is 0. The number of aromatic hydroxyl groups is 1. The minimum Gasteiger partial charge on any atom is -0.508 e. The fraction of sp³-hybridized carbons (Fsp3) is 0.533. The molecule has 1 aromatic carbocycles. The SMILES string of the molecule is Oc1ccc(C23CCC(CC2)N2CCS(O)(O)N=C23)cc1. The van der Waals surface area contributed by atoms with Crippen LogP contribution in [0.1, 0.15) is 31.2 Å². The largest absolute Gasteiger partial charge is 0.508 e. The van der Waals surface area contributed by atoms with Gasteiger partial charge >= 0.3 is 0 Å². The first-order valence-corrected chi connectivity index (χ1v) is 9.10. The van der Waals surface area contributed by atoms with Gasteiger partial charge in [0.2, 0.25) is 0 Å². The van der Waals surface area contributed by atoms with Gasteiger partial charge in [-0.15, -0.1) is 4.40 Å². The van der Waals surface area contributed by atoms with E-state index in [0.717, 1.165) is 37.1 Å². The number of hydrogen-bond donors (Lipinski definition) is 3. The molecule has 3 heterocycles. The molecule has 114 valence electrons. The molecule has 5 rings (SSSR count). The Morgan fingerprint density at radius 2 is 1.81 bits per heavy atom. The summed E-state index contributed by atoms with van der Waals surface area (Å²) in [5.41, 5.74) is 0.909. The lowest BCUT2D eigenvalue weighted by atomic mass is 9.63. The minimum atomic E-state index is -2.83. The highest BCUT2D eigenvalue weighted by Gasteiger charge is 2.52. The number of phenolic OH excluding ortho intramolecular Hbond substituents is 1. The first kappa shape index (κ1) is 13.4. The summed E-state index contributed by atoms with van der Waals surface area (Å²) in [5.74, 6) is 1.46. The van der Waals surface area contributed by atoms with Crippen molar-refractivity contribution in [2.45, 2.75) is 37.1 Å². The van der Waals surface area contributed by atoms with E-state index < -0.39 is 10.8 Å². The van der Waals surface area contributed by atoms with Crippen molar-refractivity contribution < 1.29 is 14.2 Å². The highest BCUT2D eigenvalue weighted by Crippen LogP contribution is 2.54. The maximum Gasteiger partial charge on any atom is 0.135 e. The van der Waals surface area contributed by atoms with E-state index in [9.17, 15) is 14.2 Å². The van der Waals surface area contributed by atoms with Crippen LogP contribution in [0.5, 0.6) is 5.75 Å². The fourth-order valence-electron chi connectivity index (χ4n) is 4.11. The van der Waals surface area contributed by atoms with Crippen LogP contribution in [0.25, 0.3) is 0 Å². The number of fused-ring (bicyclic) bond motifs is 2. The molecule has 0 atom stereocenters. The van der Waals surface area contributed by atoms with Crippen molar-refractivity contribution in [1.29, 1.82) is 0 Å². The van der Waals surface area contributed by atoms with Gasteiger partial charge < -0.3 is 10.0 Å². The number of hydrogen-bond acceptors (Lipinski definition) is 5. The first-order chi connectivity index (χ1) is 10.0. The van der Waals surface area contributed by atoms with Crippen LogP contribution in [-0.4, -0.2) is 43.3 Å². The van der Waals surface area contributed by atoms with Crippen LogP contribution in [-0.2, 0) is 5.41 Å². The lowest BCUT2D eigenvalue weighted by Crippen LogP contribution is -2.62. The summed E-state index contributed by atoms with van der Waals surface area (Å²) in [7, 11) is -2.83. The maximum absolute atomic E-state index is 10.0. The van der Waals surface area contributed by atoms with Gasteiger partial charge in [-0.05, 0) is 43.4 Å². The van der Waals surface area contributed by atoms with Gasteiger partial charge in [-0.1, -0.05) is 22.9 Å². The Labute approximate surface area is 125 Å². The zero-order chi connectivity index (χ0) is 14.7. The number of benzene rings is 1. The van der Waals surface area contributed by atoms with Gasteiger partial charge in [0.25, 0.3) is 0 Å². The maximum atomic E-state index is 10.0. The van der Waals surface area contributed by atoms with E-state index in [0.29, 0.717) is 18.3 Å². The van der Waals surface area contributed by atoms with E-state index in [1.165, 1.54) is 0 Å². The lowest BCUT2D eigenvalue weighted by Gasteiger charge is -2.57. The van der Waals surface area contributed by atoms with Crippen molar-refractivity contribution in [2.24, 2.45) is 4.40 Å². The molecule has 0 aromatic heterocycles. The van der Waals surface area contributed by atoms with Crippen LogP contribution in [0.4, 0.5) is 0 Å². The molecule has 0 amide bonds. The Morgan fingerprint density at radius 3 is 2.48 bits per heavy atom. The molecule has 1 aliphatic carbocycles. The molecule has 0 unspecified atom stereocenters. The lowest BCUT2D eigenvalue weighted by molar-refractivity contribution is 0.150. The molecule has 2 saturated heterocycles. The van der Waals surface area contributed by atoms with Crippen LogP contribution in [0.2, 0.25) is 0 Å². The van der Waals surface area contributed by atoms with Crippen molar-refractivity contribution in [3.05, 3.63) is 29.8 Å². The van der Waals surface area contributed by atoms with Crippen molar-refractivity contribution in [3.63, 3.8) is 0 Å². The second-order valence-corrected chi connectivity index (χ2v) is 8.16. The molecule has 6 heteroatoms. The Kier molecular flexibility index (Phi) is 2.80. The number of piperidine rings is 2. The van der Waals surface area contributed by atoms with Crippen molar-refractivity contribution >= 4 is 16.6 Å². The van der Waals surface area contributed by atoms with Gasteiger partial charge in [-0.25, -0.2) is 0 Å². The second-order valence-electron chi connectivity index (χ2n) is 6.30. The summed E-state index contributed by atoms with van der Waals surface area (Å²) in [4.78, 5) is 2.29. The summed E-state index contributed by atoms with van der Waals surface area (Å²) < 4.78 is 24.4. The fourth-order valence-corrected chi connectivity index (χ4v) is 5.20. The Balaban J connectivity index is 1.85. The molecule has 3 fully saturated rings. The Morgan fingerprint density at radius 1 is 1.14 bits per heavy atom. The first-order valence-electron chi connectivity index (χ1n) is 7.43. The normalized spacial score (nSPS) is 35.0. The van der Waals surface area contributed by atoms with E-state index in [-0.39, 0.29) is 11.2 Å². The molecule has 1 aromatic rings. The van der Waals surface area contributed by atoms with Crippen molar-refractivity contribution in [1.82, 2.24) is 4.90 Å². The predicted molar refractivity (Wildman–Crippen MR) is 83.9 cm³/mol. The van der Waals surface area contributed by atoms with Crippen molar-refractivity contribution in [3.8, 4) is 5.75 Å². The molecule has 5 nitrogen and oxygen atoms in total. The van der Waals surface area contributed by atoms with Crippen LogP contribution in [0.3, 0.4) is 0 Å². The van der Waals surface area contributed by atoms with E-state index in [1.807, 2.05) is 12.1 Å². The quantitative estimate of drug-likeness (QED) is 0.745. The summed E-state index contributed by atoms with van der Waals surface area (Å²) in [6, 6.07) is 7.80. The van der Waals surface area contributed by atoms with E-state index in [2.05, 4.69) is 9.30 Å². The predicted octanol–water partition coefficient (Wildman–Crippen LogP) is 2.97. The number of rotatable bonds is 1. The zero-order valence-corrected chi connectivity index (χ0v) is 12.6. The topological polar surface area (TPSA) is 76.3 Å². The third kappa shape index (κ3) is 1.97. The summed E-state index contributed by atoms with van der Waals surface area (Å²) in [5, 5.41) is 9.52. The standard InChI is InChI=1S/C15H20N2O3S/c18-13-3-1-11(2-4-13)15-7-5-12(6-8-15)17-9-10-21(19,20)16-14(15)17/h1-4,12,18-20H,5-10H2. The van der Waals surface area contributed by atoms with Gasteiger partial charge in [0, 0.05) is 12.6 Å². The van der Waals surface area contributed by atoms with Gasteiger partial charge in [0.05, 0.1) is 11.2 Å². The highest BCUT2D eigenvalue weighted by atomic mass is 32.3. The van der Waals surface area contributed by atoms with Gasteiger partial charge in [-0.3, -0.25) is 9.11 Å². The molecule has 0 spiro atoms. The number of phenols is 1. The van der Waals surface area contributed by atoms with Gasteiger partial charge in [-0.2, -0.15) is 0 Å². The second kappa shape index (κ2) is 4.38. The molecule has 3 aliphatic heterocycles. The van der Waals surface area contributed by atoms with Crippen LogP contribution in [0.15, 0.2) is 28.7 Å². The zero-order valence-electron chi connectivity index (χ0n) is 11.8. The monoisotopic (exact) mass is 308 g/mol. The van der Waals surface area contributed by atoms with Crippen molar-refractivity contribution in [2.75, 3.05) is 12.3 Å². The number of amidine groups is 1. The van der Waals surface area contributed by atoms with Gasteiger partial charge in [0.15, 0.2) is 0 Å². The third-order valence-corrected chi connectivity index (χ3v) is 6.40. The molecular formula is C15H20N2O3S. The minimum absolute atomic E-state index is 0.216. The smallest absolute Gasteiger partial charge is 0.135 e. The molecule has 3 N–H and O–H groups in total. The van der Waals surface area contributed by atoms with Crippen LogP contribution in [0, 0.1) is 0 Å². The molecule has 1 saturated carbocycles. The highest BCUT2D eigenvalue weighted by molar-refractivity contribution is 8.23. The Hall–Kier alpha value is -1.24. The summed E-state index contributed by atoms with van der Waals surface area (Å²) in [6.07, 6.45) is 4.23. The molecule has 4 aliphatic rings. The third-order valence-electron chi connectivity index (χ3n) is 5.21. The average molecular weight is 308 g/mol. The van der Waals surface area contributed by atoms with Crippen LogP contribution >= 0.6 is 10.8 Å². The summed E-state index contributed by atoms with van der Waals surface area (Å²) in [6.45, 7) is 0.686. The molecular weight excluding hydrogens is 288 g/mol. The van der Waals surface area contributed by atoms with E-state index in [4.69, 9.17) is 0 Å². The number of nitrogens with zero attached hydrogens (tertiary/aromatic N) is 2. The molecule has 0 radical (unpaired) electrons. The Bertz CT molecular complexity index is 591. The van der Waals surface area contributed by atoms with E-state index in [1.54, 1.807) is 12.1 Å². The van der Waals surface area contributed by atoms with E-state index >= 15 is 0 Å².